The molecule has 1 unspecified atom stereocenters. The van der Waals surface area contributed by atoms with Gasteiger partial charge in [-0.3, -0.25) is 9.80 Å². The van der Waals surface area contributed by atoms with E-state index in [4.69, 9.17) is 0 Å². The molecule has 1 aromatic rings. The zero-order valence-electron chi connectivity index (χ0n) is 11.8. The van der Waals surface area contributed by atoms with Crippen LogP contribution < -0.4 is 5.32 Å². The maximum absolute atomic E-state index is 13.8. The zero-order chi connectivity index (χ0) is 13.5. The summed E-state index contributed by atoms with van der Waals surface area (Å²) in [5.41, 5.74) is 2.20. The van der Waals surface area contributed by atoms with Gasteiger partial charge in [0.2, 0.25) is 0 Å². The molecule has 2 saturated heterocycles. The van der Waals surface area contributed by atoms with Gasteiger partial charge in [-0.15, -0.1) is 0 Å². The summed E-state index contributed by atoms with van der Waals surface area (Å²) < 4.78 is 13.8. The second-order valence-electron chi connectivity index (χ2n) is 6.26. The Labute approximate surface area is 119 Å². The van der Waals surface area contributed by atoms with E-state index in [0.717, 1.165) is 50.6 Å². The van der Waals surface area contributed by atoms with Crippen molar-refractivity contribution < 1.29 is 4.39 Å². The normalized spacial score (nSPS) is 28.4. The number of piperazine rings is 1. The minimum absolute atomic E-state index is 0.0100. The Morgan fingerprint density at radius 3 is 2.70 bits per heavy atom. The first kappa shape index (κ1) is 12.7. The van der Waals surface area contributed by atoms with Crippen molar-refractivity contribution in [2.24, 2.45) is 0 Å². The van der Waals surface area contributed by atoms with E-state index < -0.39 is 0 Å². The number of halogens is 1. The molecular weight excluding hydrogens is 253 g/mol. The lowest BCUT2D eigenvalue weighted by Gasteiger charge is -2.49. The van der Waals surface area contributed by atoms with Gasteiger partial charge in [0, 0.05) is 51.4 Å². The van der Waals surface area contributed by atoms with Crippen molar-refractivity contribution in [3.63, 3.8) is 0 Å². The van der Waals surface area contributed by atoms with Crippen molar-refractivity contribution in [2.45, 2.75) is 24.9 Å². The lowest BCUT2D eigenvalue weighted by Crippen LogP contribution is -2.63. The minimum Gasteiger partial charge on any atom is -0.314 e. The molecule has 0 aromatic heterocycles. The average molecular weight is 275 g/mol. The highest BCUT2D eigenvalue weighted by Crippen LogP contribution is 2.39. The smallest absolute Gasteiger partial charge is 0.126 e. The van der Waals surface area contributed by atoms with Crippen molar-refractivity contribution in [1.29, 1.82) is 0 Å². The molecule has 1 N–H and O–H groups in total. The fraction of sp³-hybridized carbons (Fsp3) is 0.625. The van der Waals surface area contributed by atoms with Gasteiger partial charge in [-0.1, -0.05) is 12.1 Å². The van der Waals surface area contributed by atoms with Crippen LogP contribution in [0.2, 0.25) is 0 Å². The van der Waals surface area contributed by atoms with E-state index in [1.807, 2.05) is 6.07 Å². The summed E-state index contributed by atoms with van der Waals surface area (Å²) in [7, 11) is 0. The summed E-state index contributed by atoms with van der Waals surface area (Å²) in [4.78, 5) is 5.15. The van der Waals surface area contributed by atoms with Crippen molar-refractivity contribution in [2.75, 3.05) is 39.3 Å². The molecule has 20 heavy (non-hydrogen) atoms. The number of nitrogens with one attached hydrogen (secondary N) is 1. The van der Waals surface area contributed by atoms with Gasteiger partial charge in [-0.2, -0.15) is 0 Å². The van der Waals surface area contributed by atoms with Crippen LogP contribution in [0.5, 0.6) is 0 Å². The predicted octanol–water partition coefficient (Wildman–Crippen LogP) is 1.40. The molecule has 4 rings (SSSR count). The largest absolute Gasteiger partial charge is 0.314 e. The molecule has 1 aromatic carbocycles. The molecule has 3 aliphatic rings. The van der Waals surface area contributed by atoms with Gasteiger partial charge in [-0.05, 0) is 30.0 Å². The first-order chi connectivity index (χ1) is 9.83. The zero-order valence-corrected chi connectivity index (χ0v) is 11.8. The van der Waals surface area contributed by atoms with Gasteiger partial charge in [0.15, 0.2) is 0 Å². The van der Waals surface area contributed by atoms with Gasteiger partial charge < -0.3 is 5.32 Å². The summed E-state index contributed by atoms with van der Waals surface area (Å²) in [5, 5.41) is 3.41. The fourth-order valence-corrected chi connectivity index (χ4v) is 3.99. The topological polar surface area (TPSA) is 18.5 Å². The summed E-state index contributed by atoms with van der Waals surface area (Å²) in [5.74, 6) is -0.0100. The molecule has 0 bridgehead atoms. The Morgan fingerprint density at radius 1 is 1.10 bits per heavy atom. The number of hydrogen-bond donors (Lipinski definition) is 1. The maximum atomic E-state index is 13.8. The molecule has 3 nitrogen and oxygen atoms in total. The number of fused-ring (bicyclic) bond motifs is 1. The molecule has 2 fully saturated rings. The molecule has 0 amide bonds. The summed E-state index contributed by atoms with van der Waals surface area (Å²) >= 11 is 0. The first-order valence-corrected chi connectivity index (χ1v) is 7.79. The SMILES string of the molecule is Fc1cccc2c1CCC2N1CC(N2CCNCC2)C1. The van der Waals surface area contributed by atoms with Crippen LogP contribution in [-0.4, -0.2) is 55.1 Å². The van der Waals surface area contributed by atoms with Crippen LogP contribution in [-0.2, 0) is 6.42 Å². The highest BCUT2D eigenvalue weighted by molar-refractivity contribution is 5.36. The van der Waals surface area contributed by atoms with Gasteiger partial charge in [0.1, 0.15) is 5.82 Å². The number of rotatable bonds is 2. The average Bonchev–Trinajstić information content (AvgIpc) is 2.84. The van der Waals surface area contributed by atoms with E-state index in [1.165, 1.54) is 18.7 Å². The molecule has 1 aliphatic carbocycles. The summed E-state index contributed by atoms with van der Waals surface area (Å²) in [6.45, 7) is 6.89. The number of hydrogen-bond acceptors (Lipinski definition) is 3. The third-order valence-electron chi connectivity index (χ3n) is 5.18. The fourth-order valence-electron chi connectivity index (χ4n) is 3.99. The second-order valence-corrected chi connectivity index (χ2v) is 6.26. The number of likely N-dealkylation sites (tertiary alicyclic amines) is 1. The highest BCUT2D eigenvalue weighted by Gasteiger charge is 2.39. The van der Waals surface area contributed by atoms with Crippen molar-refractivity contribution >= 4 is 0 Å². The van der Waals surface area contributed by atoms with Crippen LogP contribution in [0.15, 0.2) is 18.2 Å². The Balaban J connectivity index is 1.41. The van der Waals surface area contributed by atoms with Gasteiger partial charge in [0.25, 0.3) is 0 Å². The van der Waals surface area contributed by atoms with E-state index in [1.54, 1.807) is 6.07 Å². The van der Waals surface area contributed by atoms with Gasteiger partial charge in [0.05, 0.1) is 0 Å². The molecule has 108 valence electrons. The van der Waals surface area contributed by atoms with Crippen LogP contribution in [0, 0.1) is 5.82 Å². The number of benzene rings is 1. The minimum atomic E-state index is -0.0100. The van der Waals surface area contributed by atoms with E-state index >= 15 is 0 Å². The monoisotopic (exact) mass is 275 g/mol. The molecule has 2 aliphatic heterocycles. The molecule has 4 heteroatoms. The molecule has 1 atom stereocenters. The Bertz CT molecular complexity index is 492. The highest BCUT2D eigenvalue weighted by atomic mass is 19.1. The van der Waals surface area contributed by atoms with E-state index in [2.05, 4.69) is 21.2 Å². The third kappa shape index (κ3) is 2.07. The van der Waals surface area contributed by atoms with Crippen molar-refractivity contribution in [1.82, 2.24) is 15.1 Å². The van der Waals surface area contributed by atoms with Crippen LogP contribution in [0.1, 0.15) is 23.6 Å². The van der Waals surface area contributed by atoms with E-state index in [-0.39, 0.29) is 5.82 Å². The second kappa shape index (κ2) is 5.10. The Kier molecular flexibility index (Phi) is 3.25. The predicted molar refractivity (Wildman–Crippen MR) is 77.3 cm³/mol. The molecule has 0 saturated carbocycles. The molecular formula is C16H22FN3. The summed E-state index contributed by atoms with van der Waals surface area (Å²) in [6, 6.07) is 6.75. The quantitative estimate of drug-likeness (QED) is 0.880. The Hall–Kier alpha value is -0.970. The van der Waals surface area contributed by atoms with Crippen LogP contribution in [0.25, 0.3) is 0 Å². The third-order valence-corrected chi connectivity index (χ3v) is 5.18. The van der Waals surface area contributed by atoms with Crippen molar-refractivity contribution in [3.8, 4) is 0 Å². The van der Waals surface area contributed by atoms with Crippen LogP contribution >= 0.6 is 0 Å². The number of nitrogens with zero attached hydrogens (tertiary/aromatic N) is 2. The van der Waals surface area contributed by atoms with Crippen LogP contribution in [0.3, 0.4) is 0 Å². The molecule has 2 heterocycles. The molecule has 0 radical (unpaired) electrons. The van der Waals surface area contributed by atoms with E-state index in [0.29, 0.717) is 6.04 Å². The lowest BCUT2D eigenvalue weighted by molar-refractivity contribution is -0.000815. The summed E-state index contributed by atoms with van der Waals surface area (Å²) in [6.07, 6.45) is 1.99. The first-order valence-electron chi connectivity index (χ1n) is 7.79. The van der Waals surface area contributed by atoms with Crippen molar-refractivity contribution in [3.05, 3.63) is 35.1 Å². The van der Waals surface area contributed by atoms with Gasteiger partial charge >= 0.3 is 0 Å². The lowest BCUT2D eigenvalue weighted by atomic mass is 9.99. The van der Waals surface area contributed by atoms with Crippen LogP contribution in [0.4, 0.5) is 4.39 Å². The Morgan fingerprint density at radius 2 is 1.90 bits per heavy atom. The molecule has 0 spiro atoms. The maximum Gasteiger partial charge on any atom is 0.126 e. The van der Waals surface area contributed by atoms with E-state index in [9.17, 15) is 4.39 Å². The van der Waals surface area contributed by atoms with Gasteiger partial charge in [-0.25, -0.2) is 4.39 Å². The standard InChI is InChI=1S/C16H22FN3/c17-15-3-1-2-14-13(15)4-5-16(14)20-10-12(11-20)19-8-6-18-7-9-19/h1-3,12,16,18H,4-11H2.